The van der Waals surface area contributed by atoms with Gasteiger partial charge in [-0.05, 0) is 38.0 Å². The summed E-state index contributed by atoms with van der Waals surface area (Å²) in [6.07, 6.45) is 6.38. The fourth-order valence-electron chi connectivity index (χ4n) is 3.35. The highest BCUT2D eigenvalue weighted by atomic mass is 16.3. The maximum absolute atomic E-state index is 9.70. The Hall–Kier alpha value is -0.120. The average molecular weight is 254 g/mol. The molecule has 0 aromatic heterocycles. The molecule has 0 unspecified atom stereocenters. The number of hydrogen-bond acceptors (Lipinski definition) is 3. The lowest BCUT2D eigenvalue weighted by Crippen LogP contribution is -2.52. The van der Waals surface area contributed by atoms with Crippen LogP contribution in [0.25, 0.3) is 0 Å². The molecule has 0 radical (unpaired) electrons. The summed E-state index contributed by atoms with van der Waals surface area (Å²) < 4.78 is 0. The maximum Gasteiger partial charge on any atom is 0.0664 e. The molecule has 1 atom stereocenters. The summed E-state index contributed by atoms with van der Waals surface area (Å²) in [6.45, 7) is 10.0. The molecule has 18 heavy (non-hydrogen) atoms. The van der Waals surface area contributed by atoms with Gasteiger partial charge in [0.25, 0.3) is 0 Å². The summed E-state index contributed by atoms with van der Waals surface area (Å²) >= 11 is 0. The standard InChI is InChI=1S/C15H30N2O/c1-3-15(18)12-16-8-10-17(11-9-16)14-6-4-13(2)5-7-14/h13-15,18H,3-12H2,1-2H3/t13?,14?,15-/m1/s1. The number of aliphatic hydroxyl groups is 1. The highest BCUT2D eigenvalue weighted by molar-refractivity contribution is 4.82. The van der Waals surface area contributed by atoms with Gasteiger partial charge in [-0.2, -0.15) is 0 Å². The third kappa shape index (κ3) is 3.94. The summed E-state index contributed by atoms with van der Waals surface area (Å²) in [5.74, 6) is 0.947. The minimum atomic E-state index is -0.132. The molecule has 2 aliphatic rings. The number of β-amino-alcohol motifs (C(OH)–C–C–N with tert-alkyl or cyclic N) is 1. The van der Waals surface area contributed by atoms with E-state index in [4.69, 9.17) is 0 Å². The first kappa shape index (κ1) is 14.3. The molecule has 1 saturated carbocycles. The monoisotopic (exact) mass is 254 g/mol. The van der Waals surface area contributed by atoms with Gasteiger partial charge in [0.1, 0.15) is 0 Å². The van der Waals surface area contributed by atoms with Crippen molar-refractivity contribution in [3.63, 3.8) is 0 Å². The third-order valence-electron chi connectivity index (χ3n) is 4.85. The number of rotatable bonds is 4. The molecule has 0 amide bonds. The van der Waals surface area contributed by atoms with E-state index < -0.39 is 0 Å². The summed E-state index contributed by atoms with van der Waals surface area (Å²) in [7, 11) is 0. The Bertz CT molecular complexity index is 231. The van der Waals surface area contributed by atoms with E-state index in [2.05, 4.69) is 23.6 Å². The van der Waals surface area contributed by atoms with Gasteiger partial charge in [0, 0.05) is 38.8 Å². The second-order valence-corrected chi connectivity index (χ2v) is 6.31. The summed E-state index contributed by atoms with van der Waals surface area (Å²) in [5.41, 5.74) is 0. The molecule has 0 aromatic rings. The first-order valence-electron chi connectivity index (χ1n) is 7.83. The Morgan fingerprint density at radius 2 is 1.67 bits per heavy atom. The van der Waals surface area contributed by atoms with Crippen molar-refractivity contribution in [2.75, 3.05) is 32.7 Å². The predicted molar refractivity (Wildman–Crippen MR) is 75.7 cm³/mol. The van der Waals surface area contributed by atoms with E-state index in [0.29, 0.717) is 0 Å². The van der Waals surface area contributed by atoms with Gasteiger partial charge in [-0.3, -0.25) is 9.80 Å². The van der Waals surface area contributed by atoms with Crippen LogP contribution in [0.3, 0.4) is 0 Å². The van der Waals surface area contributed by atoms with Crippen LogP contribution >= 0.6 is 0 Å². The number of nitrogens with zero attached hydrogens (tertiary/aromatic N) is 2. The van der Waals surface area contributed by atoms with Crippen LogP contribution < -0.4 is 0 Å². The number of hydrogen-bond donors (Lipinski definition) is 1. The summed E-state index contributed by atoms with van der Waals surface area (Å²) in [6, 6.07) is 0.847. The molecule has 0 bridgehead atoms. The Balaban J connectivity index is 1.70. The molecule has 3 nitrogen and oxygen atoms in total. The van der Waals surface area contributed by atoms with E-state index in [1.165, 1.54) is 38.8 Å². The van der Waals surface area contributed by atoms with Gasteiger partial charge in [0.2, 0.25) is 0 Å². The minimum absolute atomic E-state index is 0.132. The van der Waals surface area contributed by atoms with Crippen LogP contribution in [0.1, 0.15) is 46.0 Å². The number of aliphatic hydroxyl groups excluding tert-OH is 1. The van der Waals surface area contributed by atoms with Crippen molar-refractivity contribution in [1.82, 2.24) is 9.80 Å². The molecule has 2 fully saturated rings. The van der Waals surface area contributed by atoms with E-state index in [1.807, 2.05) is 0 Å². The minimum Gasteiger partial charge on any atom is -0.392 e. The Morgan fingerprint density at radius 3 is 2.22 bits per heavy atom. The quantitative estimate of drug-likeness (QED) is 0.831. The zero-order valence-corrected chi connectivity index (χ0v) is 12.1. The molecular formula is C15H30N2O. The zero-order chi connectivity index (χ0) is 13.0. The van der Waals surface area contributed by atoms with Crippen molar-refractivity contribution in [2.24, 2.45) is 5.92 Å². The second-order valence-electron chi connectivity index (χ2n) is 6.31. The maximum atomic E-state index is 9.70. The van der Waals surface area contributed by atoms with Gasteiger partial charge in [0.05, 0.1) is 6.10 Å². The van der Waals surface area contributed by atoms with Gasteiger partial charge in [-0.1, -0.05) is 13.8 Å². The lowest BCUT2D eigenvalue weighted by Gasteiger charge is -2.42. The van der Waals surface area contributed by atoms with E-state index in [-0.39, 0.29) is 6.10 Å². The molecule has 1 aliphatic carbocycles. The van der Waals surface area contributed by atoms with Crippen LogP contribution in [0.2, 0.25) is 0 Å². The Kier molecular flexibility index (Phi) is 5.46. The van der Waals surface area contributed by atoms with Crippen LogP contribution in [-0.2, 0) is 0 Å². The SMILES string of the molecule is CC[C@@H](O)CN1CCN(C2CCC(C)CC2)CC1. The molecular weight excluding hydrogens is 224 g/mol. The van der Waals surface area contributed by atoms with Crippen molar-refractivity contribution in [3.8, 4) is 0 Å². The molecule has 3 heteroatoms. The number of piperazine rings is 1. The highest BCUT2D eigenvalue weighted by Crippen LogP contribution is 2.27. The van der Waals surface area contributed by atoms with E-state index in [1.54, 1.807) is 0 Å². The van der Waals surface area contributed by atoms with Gasteiger partial charge < -0.3 is 5.11 Å². The van der Waals surface area contributed by atoms with Crippen LogP contribution in [0.15, 0.2) is 0 Å². The third-order valence-corrected chi connectivity index (χ3v) is 4.85. The van der Waals surface area contributed by atoms with Gasteiger partial charge >= 0.3 is 0 Å². The van der Waals surface area contributed by atoms with Gasteiger partial charge in [-0.15, -0.1) is 0 Å². The smallest absolute Gasteiger partial charge is 0.0664 e. The molecule has 1 N–H and O–H groups in total. The van der Waals surface area contributed by atoms with Crippen LogP contribution in [0, 0.1) is 5.92 Å². The average Bonchev–Trinajstić information content (AvgIpc) is 2.40. The summed E-state index contributed by atoms with van der Waals surface area (Å²) in [5, 5.41) is 9.70. The molecule has 1 saturated heterocycles. The predicted octanol–water partition coefficient (Wildman–Crippen LogP) is 1.95. The lowest BCUT2D eigenvalue weighted by molar-refractivity contribution is 0.0433. The van der Waals surface area contributed by atoms with Crippen LogP contribution in [0.4, 0.5) is 0 Å². The molecule has 0 spiro atoms. The second kappa shape index (κ2) is 6.88. The highest BCUT2D eigenvalue weighted by Gasteiger charge is 2.27. The topological polar surface area (TPSA) is 26.7 Å². The van der Waals surface area contributed by atoms with E-state index in [0.717, 1.165) is 38.0 Å². The fraction of sp³-hybridized carbons (Fsp3) is 1.00. The van der Waals surface area contributed by atoms with Crippen molar-refractivity contribution >= 4 is 0 Å². The van der Waals surface area contributed by atoms with E-state index >= 15 is 0 Å². The first-order valence-corrected chi connectivity index (χ1v) is 7.83. The van der Waals surface area contributed by atoms with Crippen molar-refractivity contribution in [3.05, 3.63) is 0 Å². The Morgan fingerprint density at radius 1 is 1.06 bits per heavy atom. The zero-order valence-electron chi connectivity index (χ0n) is 12.1. The van der Waals surface area contributed by atoms with Crippen LogP contribution in [-0.4, -0.2) is 59.8 Å². The lowest BCUT2D eigenvalue weighted by atomic mass is 9.86. The van der Waals surface area contributed by atoms with Gasteiger partial charge in [0.15, 0.2) is 0 Å². The summed E-state index contributed by atoms with van der Waals surface area (Å²) in [4.78, 5) is 5.12. The van der Waals surface area contributed by atoms with Crippen molar-refractivity contribution in [2.45, 2.75) is 58.1 Å². The normalized spacial score (nSPS) is 33.5. The van der Waals surface area contributed by atoms with Crippen molar-refractivity contribution in [1.29, 1.82) is 0 Å². The Labute approximate surface area is 112 Å². The molecule has 106 valence electrons. The van der Waals surface area contributed by atoms with E-state index in [9.17, 15) is 5.11 Å². The first-order chi connectivity index (χ1) is 8.69. The van der Waals surface area contributed by atoms with Crippen molar-refractivity contribution < 1.29 is 5.11 Å². The fourth-order valence-corrected chi connectivity index (χ4v) is 3.35. The molecule has 1 heterocycles. The molecule has 2 rings (SSSR count). The largest absolute Gasteiger partial charge is 0.392 e. The van der Waals surface area contributed by atoms with Crippen LogP contribution in [0.5, 0.6) is 0 Å². The van der Waals surface area contributed by atoms with Gasteiger partial charge in [-0.25, -0.2) is 0 Å². The molecule has 1 aliphatic heterocycles. The molecule has 0 aromatic carbocycles.